The van der Waals surface area contributed by atoms with Crippen molar-refractivity contribution in [2.45, 2.75) is 51.7 Å². The Hall–Kier alpha value is -2.53. The van der Waals surface area contributed by atoms with Gasteiger partial charge in [-0.25, -0.2) is 0 Å². The van der Waals surface area contributed by atoms with Gasteiger partial charge < -0.3 is 19.5 Å². The predicted octanol–water partition coefficient (Wildman–Crippen LogP) is 4.77. The number of carbonyl (C=O) groups excluding carboxylic acids is 1. The second-order valence-electron chi connectivity index (χ2n) is 7.45. The largest absolute Gasteiger partial charge is 0.491 e. The van der Waals surface area contributed by atoms with Gasteiger partial charge in [-0.3, -0.25) is 4.79 Å². The maximum absolute atomic E-state index is 12.5. The molecule has 1 saturated heterocycles. The zero-order chi connectivity index (χ0) is 19.9. The van der Waals surface area contributed by atoms with Crippen LogP contribution in [-0.2, 0) is 9.53 Å². The molecule has 0 aliphatic carbocycles. The molecular weight excluding hydrogens is 354 g/mol. The third-order valence-corrected chi connectivity index (χ3v) is 4.79. The minimum atomic E-state index is -0.610. The Balaban J connectivity index is 1.52. The summed E-state index contributed by atoms with van der Waals surface area (Å²) in [6.07, 6.45) is 1.67. The van der Waals surface area contributed by atoms with Gasteiger partial charge in [0.2, 0.25) is 0 Å². The summed E-state index contributed by atoms with van der Waals surface area (Å²) >= 11 is 0. The fourth-order valence-electron chi connectivity index (χ4n) is 3.06. The Kier molecular flexibility index (Phi) is 6.93. The lowest BCUT2D eigenvalue weighted by Crippen LogP contribution is -2.30. The molecule has 1 fully saturated rings. The third kappa shape index (κ3) is 5.73. The van der Waals surface area contributed by atoms with E-state index in [-0.39, 0.29) is 12.0 Å². The van der Waals surface area contributed by atoms with Crippen LogP contribution in [0.15, 0.2) is 48.5 Å². The first-order valence-corrected chi connectivity index (χ1v) is 9.93. The molecule has 0 saturated carbocycles. The number of carbonyl (C=O) groups is 1. The van der Waals surface area contributed by atoms with Crippen LogP contribution in [0, 0.1) is 0 Å². The van der Waals surface area contributed by atoms with Crippen molar-refractivity contribution in [3.63, 3.8) is 0 Å². The van der Waals surface area contributed by atoms with E-state index in [1.54, 1.807) is 6.92 Å². The maximum Gasteiger partial charge on any atom is 0.265 e. The SMILES string of the molecule is CC(Oc1ccc(C(C)C)cc1)C(=O)Nc1cccc(OCC2CCCO2)c1. The van der Waals surface area contributed by atoms with Gasteiger partial charge in [0, 0.05) is 18.4 Å². The highest BCUT2D eigenvalue weighted by atomic mass is 16.5. The topological polar surface area (TPSA) is 56.8 Å². The Morgan fingerprint density at radius 1 is 1.14 bits per heavy atom. The molecule has 1 aliphatic heterocycles. The quantitative estimate of drug-likeness (QED) is 0.713. The van der Waals surface area contributed by atoms with E-state index in [0.717, 1.165) is 19.4 Å². The van der Waals surface area contributed by atoms with E-state index >= 15 is 0 Å². The summed E-state index contributed by atoms with van der Waals surface area (Å²) in [4.78, 5) is 12.5. The van der Waals surface area contributed by atoms with Gasteiger partial charge in [0.1, 0.15) is 18.1 Å². The van der Waals surface area contributed by atoms with Crippen molar-refractivity contribution in [2.24, 2.45) is 0 Å². The Morgan fingerprint density at radius 2 is 1.93 bits per heavy atom. The molecule has 0 bridgehead atoms. The molecule has 150 valence electrons. The lowest BCUT2D eigenvalue weighted by Gasteiger charge is -2.16. The fraction of sp³-hybridized carbons (Fsp3) is 0.435. The van der Waals surface area contributed by atoms with Crippen molar-refractivity contribution < 1.29 is 19.0 Å². The number of ether oxygens (including phenoxy) is 3. The highest BCUT2D eigenvalue weighted by Crippen LogP contribution is 2.22. The lowest BCUT2D eigenvalue weighted by atomic mass is 10.0. The van der Waals surface area contributed by atoms with E-state index < -0.39 is 6.10 Å². The zero-order valence-electron chi connectivity index (χ0n) is 16.8. The highest BCUT2D eigenvalue weighted by Gasteiger charge is 2.17. The van der Waals surface area contributed by atoms with Gasteiger partial charge in [-0.05, 0) is 55.5 Å². The van der Waals surface area contributed by atoms with Crippen LogP contribution in [0.5, 0.6) is 11.5 Å². The third-order valence-electron chi connectivity index (χ3n) is 4.79. The van der Waals surface area contributed by atoms with Crippen LogP contribution in [0.4, 0.5) is 5.69 Å². The second kappa shape index (κ2) is 9.60. The number of hydrogen-bond acceptors (Lipinski definition) is 4. The Morgan fingerprint density at radius 3 is 2.61 bits per heavy atom. The van der Waals surface area contributed by atoms with Gasteiger partial charge >= 0.3 is 0 Å². The van der Waals surface area contributed by atoms with Crippen LogP contribution >= 0.6 is 0 Å². The summed E-state index contributed by atoms with van der Waals surface area (Å²) in [6.45, 7) is 7.37. The average molecular weight is 383 g/mol. The molecule has 2 unspecified atom stereocenters. The maximum atomic E-state index is 12.5. The van der Waals surface area contributed by atoms with Gasteiger partial charge in [-0.2, -0.15) is 0 Å². The van der Waals surface area contributed by atoms with E-state index in [9.17, 15) is 4.79 Å². The summed E-state index contributed by atoms with van der Waals surface area (Å²) in [7, 11) is 0. The summed E-state index contributed by atoms with van der Waals surface area (Å²) in [5.41, 5.74) is 1.92. The number of amides is 1. The predicted molar refractivity (Wildman–Crippen MR) is 110 cm³/mol. The first-order chi connectivity index (χ1) is 13.5. The van der Waals surface area contributed by atoms with Crippen LogP contribution < -0.4 is 14.8 Å². The summed E-state index contributed by atoms with van der Waals surface area (Å²) in [5, 5.41) is 2.88. The minimum Gasteiger partial charge on any atom is -0.491 e. The van der Waals surface area contributed by atoms with Crippen LogP contribution in [0.1, 0.15) is 45.1 Å². The molecule has 0 spiro atoms. The molecule has 1 aliphatic rings. The van der Waals surface area contributed by atoms with Crippen LogP contribution in [0.25, 0.3) is 0 Å². The molecule has 1 amide bonds. The van der Waals surface area contributed by atoms with E-state index in [1.807, 2.05) is 48.5 Å². The highest BCUT2D eigenvalue weighted by molar-refractivity contribution is 5.94. The zero-order valence-corrected chi connectivity index (χ0v) is 16.8. The smallest absolute Gasteiger partial charge is 0.265 e. The summed E-state index contributed by atoms with van der Waals surface area (Å²) in [6, 6.07) is 15.2. The molecule has 1 N–H and O–H groups in total. The number of nitrogens with one attached hydrogen (secondary N) is 1. The van der Waals surface area contributed by atoms with Crippen molar-refractivity contribution in [3.8, 4) is 11.5 Å². The molecule has 1 heterocycles. The monoisotopic (exact) mass is 383 g/mol. The first kappa shape index (κ1) is 20.2. The molecule has 2 atom stereocenters. The van der Waals surface area contributed by atoms with E-state index in [0.29, 0.717) is 29.7 Å². The van der Waals surface area contributed by atoms with E-state index in [4.69, 9.17) is 14.2 Å². The summed E-state index contributed by atoms with van der Waals surface area (Å²) in [5.74, 6) is 1.65. The molecule has 0 aromatic heterocycles. The van der Waals surface area contributed by atoms with Crippen molar-refractivity contribution >= 4 is 11.6 Å². The molecule has 3 rings (SSSR count). The number of rotatable bonds is 8. The van der Waals surface area contributed by atoms with E-state index in [1.165, 1.54) is 5.56 Å². The number of anilines is 1. The van der Waals surface area contributed by atoms with Crippen molar-refractivity contribution in [1.29, 1.82) is 0 Å². The van der Waals surface area contributed by atoms with Gasteiger partial charge in [0.05, 0.1) is 6.10 Å². The molecule has 2 aromatic rings. The van der Waals surface area contributed by atoms with Crippen LogP contribution in [0.2, 0.25) is 0 Å². The van der Waals surface area contributed by atoms with Crippen LogP contribution in [0.3, 0.4) is 0 Å². The van der Waals surface area contributed by atoms with Gasteiger partial charge in [0.15, 0.2) is 6.10 Å². The normalized spacial score (nSPS) is 17.4. The van der Waals surface area contributed by atoms with Crippen molar-refractivity contribution in [3.05, 3.63) is 54.1 Å². The fourth-order valence-corrected chi connectivity index (χ4v) is 3.06. The van der Waals surface area contributed by atoms with Crippen molar-refractivity contribution in [2.75, 3.05) is 18.5 Å². The van der Waals surface area contributed by atoms with Gasteiger partial charge in [-0.15, -0.1) is 0 Å². The van der Waals surface area contributed by atoms with Crippen LogP contribution in [-0.4, -0.2) is 31.3 Å². The minimum absolute atomic E-state index is 0.161. The molecule has 2 aromatic carbocycles. The standard InChI is InChI=1S/C23H29NO4/c1-16(2)18-9-11-20(12-10-18)28-17(3)23(25)24-19-6-4-7-21(14-19)27-15-22-8-5-13-26-22/h4,6-7,9-12,14,16-17,22H,5,8,13,15H2,1-3H3,(H,24,25). The lowest BCUT2D eigenvalue weighted by molar-refractivity contribution is -0.122. The van der Waals surface area contributed by atoms with Gasteiger partial charge in [-0.1, -0.05) is 32.0 Å². The summed E-state index contributed by atoms with van der Waals surface area (Å²) < 4.78 is 17.1. The number of benzene rings is 2. The Bertz CT molecular complexity index is 766. The Labute approximate surface area is 167 Å². The van der Waals surface area contributed by atoms with Gasteiger partial charge in [0.25, 0.3) is 5.91 Å². The molecule has 28 heavy (non-hydrogen) atoms. The second-order valence-corrected chi connectivity index (χ2v) is 7.45. The molecule has 5 heteroatoms. The first-order valence-electron chi connectivity index (χ1n) is 9.93. The molecular formula is C23H29NO4. The molecule has 0 radical (unpaired) electrons. The van der Waals surface area contributed by atoms with Crippen molar-refractivity contribution in [1.82, 2.24) is 0 Å². The average Bonchev–Trinajstić information content (AvgIpc) is 3.20. The number of hydrogen-bond donors (Lipinski definition) is 1. The molecule has 5 nitrogen and oxygen atoms in total. The van der Waals surface area contributed by atoms with E-state index in [2.05, 4.69) is 19.2 Å².